The van der Waals surface area contributed by atoms with E-state index in [-0.39, 0.29) is 41.8 Å². The highest BCUT2D eigenvalue weighted by Gasteiger charge is 2.33. The number of carbonyl (C=O) groups is 1. The second-order valence-electron chi connectivity index (χ2n) is 6.83. The summed E-state index contributed by atoms with van der Waals surface area (Å²) < 4.78 is 45.5. The third kappa shape index (κ3) is 5.40. The molecule has 0 aliphatic heterocycles. The Morgan fingerprint density at radius 2 is 1.83 bits per heavy atom. The highest BCUT2D eigenvalue weighted by molar-refractivity contribution is 5.91. The van der Waals surface area contributed by atoms with Gasteiger partial charge in [-0.05, 0) is 38.1 Å². The van der Waals surface area contributed by atoms with Gasteiger partial charge in [0.1, 0.15) is 0 Å². The first-order valence-corrected chi connectivity index (χ1v) is 9.52. The van der Waals surface area contributed by atoms with E-state index < -0.39 is 11.7 Å². The van der Waals surface area contributed by atoms with Crippen LogP contribution in [-0.4, -0.2) is 23.5 Å². The van der Waals surface area contributed by atoms with Crippen molar-refractivity contribution in [2.24, 2.45) is 0 Å². The molecule has 0 aliphatic rings. The maximum Gasteiger partial charge on any atom is 0.417 e. The van der Waals surface area contributed by atoms with Crippen molar-refractivity contribution in [1.29, 1.82) is 0 Å². The van der Waals surface area contributed by atoms with E-state index >= 15 is 0 Å². The standard InChI is InChI=1S/C22H22F3N3O2/c1-3-30-21-13-18(22(23,24)25)17-10-9-16(12-19(17)28-21)26-14(2)11-20(29)27-15-7-5-4-6-8-15/h4-10,12-14,26H,3,11H2,1-2H3,(H,27,29). The molecule has 0 spiro atoms. The first kappa shape index (κ1) is 21.4. The highest BCUT2D eigenvalue weighted by Crippen LogP contribution is 2.37. The predicted molar refractivity (Wildman–Crippen MR) is 111 cm³/mol. The van der Waals surface area contributed by atoms with Crippen LogP contribution in [0.4, 0.5) is 24.5 Å². The lowest BCUT2D eigenvalue weighted by Gasteiger charge is -2.17. The van der Waals surface area contributed by atoms with Crippen LogP contribution in [0, 0.1) is 0 Å². The summed E-state index contributed by atoms with van der Waals surface area (Å²) in [5.41, 5.74) is 0.640. The molecule has 3 rings (SSSR count). The van der Waals surface area contributed by atoms with E-state index in [2.05, 4.69) is 15.6 Å². The van der Waals surface area contributed by atoms with Crippen LogP contribution >= 0.6 is 0 Å². The zero-order valence-electron chi connectivity index (χ0n) is 16.6. The number of halogens is 3. The Labute approximate surface area is 172 Å². The number of aromatic nitrogens is 1. The molecule has 0 fully saturated rings. The fourth-order valence-electron chi connectivity index (χ4n) is 3.10. The van der Waals surface area contributed by atoms with Gasteiger partial charge in [-0.2, -0.15) is 13.2 Å². The SMILES string of the molecule is CCOc1cc(C(F)(F)F)c2ccc(NC(C)CC(=O)Nc3ccccc3)cc2n1. The second kappa shape index (κ2) is 9.02. The lowest BCUT2D eigenvalue weighted by molar-refractivity contribution is -0.136. The number of para-hydroxylation sites is 1. The first-order valence-electron chi connectivity index (χ1n) is 9.52. The minimum Gasteiger partial charge on any atom is -0.478 e. The number of fused-ring (bicyclic) bond motifs is 1. The van der Waals surface area contributed by atoms with Crippen LogP contribution < -0.4 is 15.4 Å². The molecule has 8 heteroatoms. The molecule has 0 bridgehead atoms. The van der Waals surface area contributed by atoms with Gasteiger partial charge in [0.25, 0.3) is 0 Å². The molecule has 30 heavy (non-hydrogen) atoms. The fraction of sp³-hybridized carbons (Fsp3) is 0.273. The van der Waals surface area contributed by atoms with E-state index in [1.807, 2.05) is 25.1 Å². The Bertz CT molecular complexity index is 1020. The average Bonchev–Trinajstić information content (AvgIpc) is 2.67. The molecule has 0 aliphatic carbocycles. The van der Waals surface area contributed by atoms with Crippen molar-refractivity contribution in [3.05, 3.63) is 60.2 Å². The van der Waals surface area contributed by atoms with Gasteiger partial charge in [-0.3, -0.25) is 4.79 Å². The van der Waals surface area contributed by atoms with Gasteiger partial charge in [-0.25, -0.2) is 4.98 Å². The largest absolute Gasteiger partial charge is 0.478 e. The van der Waals surface area contributed by atoms with Crippen LogP contribution in [0.3, 0.4) is 0 Å². The molecule has 2 N–H and O–H groups in total. The summed E-state index contributed by atoms with van der Waals surface area (Å²) in [6, 6.07) is 14.2. The van der Waals surface area contributed by atoms with Gasteiger partial charge in [0, 0.05) is 35.3 Å². The summed E-state index contributed by atoms with van der Waals surface area (Å²) in [4.78, 5) is 16.4. The minimum atomic E-state index is -4.52. The molecule has 1 amide bonds. The lowest BCUT2D eigenvalue weighted by atomic mass is 10.1. The van der Waals surface area contributed by atoms with Gasteiger partial charge < -0.3 is 15.4 Å². The van der Waals surface area contributed by atoms with Crippen LogP contribution in [0.15, 0.2) is 54.6 Å². The van der Waals surface area contributed by atoms with Crippen molar-refractivity contribution in [3.8, 4) is 5.88 Å². The van der Waals surface area contributed by atoms with Crippen molar-refractivity contribution < 1.29 is 22.7 Å². The minimum absolute atomic E-state index is 0.00835. The van der Waals surface area contributed by atoms with E-state index in [4.69, 9.17) is 4.74 Å². The van der Waals surface area contributed by atoms with Gasteiger partial charge in [0.15, 0.2) is 0 Å². The van der Waals surface area contributed by atoms with E-state index in [1.165, 1.54) is 12.1 Å². The topological polar surface area (TPSA) is 63.2 Å². The zero-order chi connectivity index (χ0) is 21.7. The Hall–Kier alpha value is -3.29. The first-order chi connectivity index (χ1) is 14.3. The summed E-state index contributed by atoms with van der Waals surface area (Å²) in [5, 5.41) is 5.93. The van der Waals surface area contributed by atoms with Crippen molar-refractivity contribution in [2.75, 3.05) is 17.2 Å². The second-order valence-corrected chi connectivity index (χ2v) is 6.83. The van der Waals surface area contributed by atoms with E-state index in [1.54, 1.807) is 25.1 Å². The van der Waals surface area contributed by atoms with Crippen LogP contribution in [0.2, 0.25) is 0 Å². The molecule has 2 aromatic carbocycles. The van der Waals surface area contributed by atoms with Crippen molar-refractivity contribution >= 4 is 28.2 Å². The van der Waals surface area contributed by atoms with Gasteiger partial charge in [-0.1, -0.05) is 24.3 Å². The molecule has 5 nitrogen and oxygen atoms in total. The molecular weight excluding hydrogens is 395 g/mol. The summed E-state index contributed by atoms with van der Waals surface area (Å²) in [6.45, 7) is 3.71. The monoisotopic (exact) mass is 417 g/mol. The lowest BCUT2D eigenvalue weighted by Crippen LogP contribution is -2.23. The number of hydrogen-bond donors (Lipinski definition) is 2. The average molecular weight is 417 g/mol. The molecule has 1 heterocycles. The smallest absolute Gasteiger partial charge is 0.417 e. The number of pyridine rings is 1. The number of rotatable bonds is 7. The van der Waals surface area contributed by atoms with E-state index in [9.17, 15) is 18.0 Å². The van der Waals surface area contributed by atoms with Gasteiger partial charge in [-0.15, -0.1) is 0 Å². The van der Waals surface area contributed by atoms with Gasteiger partial charge in [0.2, 0.25) is 11.8 Å². The molecule has 0 saturated heterocycles. The maximum atomic E-state index is 13.4. The van der Waals surface area contributed by atoms with E-state index in [0.717, 1.165) is 6.07 Å². The molecule has 0 saturated carbocycles. The van der Waals surface area contributed by atoms with Crippen LogP contribution in [0.5, 0.6) is 5.88 Å². The Morgan fingerprint density at radius 3 is 2.50 bits per heavy atom. The molecular formula is C22H22F3N3O2. The number of carbonyl (C=O) groups excluding carboxylic acids is 1. The number of alkyl halides is 3. The number of nitrogens with one attached hydrogen (secondary N) is 2. The van der Waals surface area contributed by atoms with Gasteiger partial charge >= 0.3 is 6.18 Å². The number of nitrogens with zero attached hydrogens (tertiary/aromatic N) is 1. The van der Waals surface area contributed by atoms with Crippen LogP contribution in [0.25, 0.3) is 10.9 Å². The summed E-state index contributed by atoms with van der Waals surface area (Å²) in [6.07, 6.45) is -4.34. The predicted octanol–water partition coefficient (Wildman–Crippen LogP) is 5.48. The van der Waals surface area contributed by atoms with Crippen molar-refractivity contribution in [2.45, 2.75) is 32.5 Å². The summed E-state index contributed by atoms with van der Waals surface area (Å²) >= 11 is 0. The summed E-state index contributed by atoms with van der Waals surface area (Å²) in [7, 11) is 0. The maximum absolute atomic E-state index is 13.4. The molecule has 3 aromatic rings. The van der Waals surface area contributed by atoms with Crippen molar-refractivity contribution in [1.82, 2.24) is 4.98 Å². The quantitative estimate of drug-likeness (QED) is 0.534. The van der Waals surface area contributed by atoms with Gasteiger partial charge in [0.05, 0.1) is 17.7 Å². The fourth-order valence-corrected chi connectivity index (χ4v) is 3.10. The third-order valence-corrected chi connectivity index (χ3v) is 4.35. The number of ether oxygens (including phenoxy) is 1. The third-order valence-electron chi connectivity index (χ3n) is 4.35. The zero-order valence-corrected chi connectivity index (χ0v) is 16.6. The highest BCUT2D eigenvalue weighted by atomic mass is 19.4. The Morgan fingerprint density at radius 1 is 1.10 bits per heavy atom. The Kier molecular flexibility index (Phi) is 6.44. The number of benzene rings is 2. The molecule has 158 valence electrons. The van der Waals surface area contributed by atoms with Crippen LogP contribution in [0.1, 0.15) is 25.8 Å². The molecule has 0 radical (unpaired) electrons. The molecule has 1 atom stereocenters. The normalized spacial score (nSPS) is 12.4. The number of amides is 1. The Balaban J connectivity index is 1.76. The molecule has 1 aromatic heterocycles. The van der Waals surface area contributed by atoms with E-state index in [0.29, 0.717) is 11.4 Å². The van der Waals surface area contributed by atoms with Crippen LogP contribution in [-0.2, 0) is 11.0 Å². The number of hydrogen-bond acceptors (Lipinski definition) is 4. The molecule has 1 unspecified atom stereocenters. The number of anilines is 2. The van der Waals surface area contributed by atoms with Crippen molar-refractivity contribution in [3.63, 3.8) is 0 Å². The summed E-state index contributed by atoms with van der Waals surface area (Å²) in [5.74, 6) is -0.247.